The maximum atomic E-state index is 11.5. The van der Waals surface area contributed by atoms with Gasteiger partial charge in [-0.1, -0.05) is 44.2 Å². The van der Waals surface area contributed by atoms with Crippen LogP contribution in [0.4, 0.5) is 0 Å². The first-order chi connectivity index (χ1) is 8.54. The van der Waals surface area contributed by atoms with Crippen molar-refractivity contribution in [3.05, 3.63) is 36.0 Å². The number of hydrogen-bond donors (Lipinski definition) is 1. The lowest BCUT2D eigenvalue weighted by Gasteiger charge is -2.20. The molecule has 0 aliphatic carbocycles. The quantitative estimate of drug-likeness (QED) is 0.617. The van der Waals surface area contributed by atoms with E-state index >= 15 is 0 Å². The third kappa shape index (κ3) is 5.13. The van der Waals surface area contributed by atoms with Crippen LogP contribution in [0.3, 0.4) is 0 Å². The molecule has 1 saturated heterocycles. The monoisotopic (exact) mass is 249 g/mol. The molecule has 3 nitrogen and oxygen atoms in total. The number of piperidine rings is 1. The molecule has 2 amide bonds. The Morgan fingerprint density at radius 2 is 1.94 bits per heavy atom. The minimum Gasteiger partial charge on any atom is -0.296 e. The van der Waals surface area contributed by atoms with Gasteiger partial charge in [0.15, 0.2) is 0 Å². The summed E-state index contributed by atoms with van der Waals surface area (Å²) in [6, 6.07) is 0. The Bertz CT molecular complexity index is 378. The lowest BCUT2D eigenvalue weighted by Crippen LogP contribution is -2.41. The number of amides is 2. The molecule has 0 spiro atoms. The first-order valence-corrected chi connectivity index (χ1v) is 6.38. The topological polar surface area (TPSA) is 46.2 Å². The Labute approximate surface area is 110 Å². The van der Waals surface area contributed by atoms with Gasteiger partial charge in [-0.05, 0) is 25.8 Å². The molecule has 1 N–H and O–H groups in total. The molecule has 1 rings (SSSR count). The molecular formula is C15H23NO2. The number of allylic oxidation sites excluding steroid dienone is 4. The van der Waals surface area contributed by atoms with Crippen molar-refractivity contribution in [1.82, 2.24) is 5.32 Å². The van der Waals surface area contributed by atoms with Gasteiger partial charge in [0.2, 0.25) is 11.8 Å². The molecule has 0 saturated carbocycles. The zero-order valence-corrected chi connectivity index (χ0v) is 11.7. The number of rotatable bonds is 3. The second-order valence-electron chi connectivity index (χ2n) is 3.94. The van der Waals surface area contributed by atoms with Gasteiger partial charge in [0, 0.05) is 6.42 Å². The molecule has 0 bridgehead atoms. The van der Waals surface area contributed by atoms with Crippen LogP contribution in [0.1, 0.15) is 40.5 Å². The Kier molecular flexibility index (Phi) is 7.68. The van der Waals surface area contributed by atoms with Crippen LogP contribution in [0.5, 0.6) is 0 Å². The summed E-state index contributed by atoms with van der Waals surface area (Å²) in [6.45, 7) is 11.8. The first-order valence-electron chi connectivity index (χ1n) is 6.38. The van der Waals surface area contributed by atoms with Gasteiger partial charge in [0.05, 0.1) is 5.92 Å². The van der Waals surface area contributed by atoms with E-state index in [0.717, 1.165) is 11.1 Å². The molecule has 0 aromatic carbocycles. The van der Waals surface area contributed by atoms with Crippen LogP contribution in [0, 0.1) is 5.92 Å². The van der Waals surface area contributed by atoms with E-state index in [1.165, 1.54) is 0 Å². The number of carbonyl (C=O) groups excluding carboxylic acids is 2. The summed E-state index contributed by atoms with van der Waals surface area (Å²) in [4.78, 5) is 22.5. The van der Waals surface area contributed by atoms with Crippen LogP contribution in [0.25, 0.3) is 0 Å². The van der Waals surface area contributed by atoms with E-state index in [9.17, 15) is 9.59 Å². The van der Waals surface area contributed by atoms with Gasteiger partial charge in [-0.15, -0.1) is 0 Å². The third-order valence-corrected chi connectivity index (χ3v) is 2.70. The average Bonchev–Trinajstić information content (AvgIpc) is 2.37. The summed E-state index contributed by atoms with van der Waals surface area (Å²) in [5.41, 5.74) is 1.87. The number of carbonyl (C=O) groups is 2. The van der Waals surface area contributed by atoms with E-state index < -0.39 is 0 Å². The lowest BCUT2D eigenvalue weighted by atomic mass is 9.90. The van der Waals surface area contributed by atoms with Gasteiger partial charge >= 0.3 is 0 Å². The van der Waals surface area contributed by atoms with Gasteiger partial charge in [-0.25, -0.2) is 0 Å². The van der Waals surface area contributed by atoms with Crippen molar-refractivity contribution >= 4 is 11.8 Å². The van der Waals surface area contributed by atoms with Gasteiger partial charge in [-0.2, -0.15) is 0 Å². The highest BCUT2D eigenvalue weighted by Gasteiger charge is 2.27. The van der Waals surface area contributed by atoms with E-state index in [0.29, 0.717) is 12.8 Å². The Morgan fingerprint density at radius 3 is 2.44 bits per heavy atom. The molecule has 0 radical (unpaired) electrons. The van der Waals surface area contributed by atoms with E-state index in [2.05, 4.69) is 11.9 Å². The van der Waals surface area contributed by atoms with Crippen molar-refractivity contribution in [2.75, 3.05) is 0 Å². The molecule has 3 heteroatoms. The second-order valence-corrected chi connectivity index (χ2v) is 3.94. The maximum Gasteiger partial charge on any atom is 0.234 e. The van der Waals surface area contributed by atoms with E-state index in [4.69, 9.17) is 0 Å². The summed E-state index contributed by atoms with van der Waals surface area (Å²) in [5, 5.41) is 2.32. The van der Waals surface area contributed by atoms with Crippen LogP contribution < -0.4 is 5.32 Å². The summed E-state index contributed by atoms with van der Waals surface area (Å²) in [6.07, 6.45) is 6.70. The molecule has 1 aliphatic heterocycles. The molecule has 1 aliphatic rings. The molecule has 1 atom stereocenters. The van der Waals surface area contributed by atoms with Gasteiger partial charge in [0.25, 0.3) is 0 Å². The molecule has 100 valence electrons. The molecule has 1 fully saturated rings. The van der Waals surface area contributed by atoms with Crippen molar-refractivity contribution in [3.63, 3.8) is 0 Å². The molecule has 0 aromatic heterocycles. The van der Waals surface area contributed by atoms with Crippen LogP contribution in [0.2, 0.25) is 0 Å². The normalized spacial score (nSPS) is 20.2. The van der Waals surface area contributed by atoms with Crippen molar-refractivity contribution in [2.45, 2.75) is 40.5 Å². The summed E-state index contributed by atoms with van der Waals surface area (Å²) < 4.78 is 0. The highest BCUT2D eigenvalue weighted by atomic mass is 16.2. The minimum absolute atomic E-state index is 0.192. The summed E-state index contributed by atoms with van der Waals surface area (Å²) >= 11 is 0. The largest absolute Gasteiger partial charge is 0.296 e. The maximum absolute atomic E-state index is 11.5. The van der Waals surface area contributed by atoms with Crippen molar-refractivity contribution in [3.8, 4) is 0 Å². The van der Waals surface area contributed by atoms with Crippen molar-refractivity contribution < 1.29 is 9.59 Å². The van der Waals surface area contributed by atoms with Gasteiger partial charge in [-0.3, -0.25) is 14.9 Å². The molecule has 0 aromatic rings. The zero-order chi connectivity index (χ0) is 14.1. The van der Waals surface area contributed by atoms with E-state index in [1.54, 1.807) is 0 Å². The van der Waals surface area contributed by atoms with Crippen molar-refractivity contribution in [2.24, 2.45) is 5.92 Å². The third-order valence-electron chi connectivity index (χ3n) is 2.70. The molecule has 1 heterocycles. The predicted molar refractivity (Wildman–Crippen MR) is 74.9 cm³/mol. The van der Waals surface area contributed by atoms with Crippen LogP contribution in [0.15, 0.2) is 36.0 Å². The summed E-state index contributed by atoms with van der Waals surface area (Å²) in [5.74, 6) is -0.690. The number of nitrogens with one attached hydrogen (secondary N) is 1. The fraction of sp³-hybridized carbons (Fsp3) is 0.467. The Balaban J connectivity index is 0.00000137. The minimum atomic E-state index is -0.265. The highest BCUT2D eigenvalue weighted by molar-refractivity contribution is 6.00. The fourth-order valence-electron chi connectivity index (χ4n) is 1.50. The van der Waals surface area contributed by atoms with Crippen molar-refractivity contribution in [1.29, 1.82) is 0 Å². The SMILES string of the molecule is C=C(/C=C\C(C)=C/C)C1CCC(=O)NC1=O.CC. The van der Waals surface area contributed by atoms with Gasteiger partial charge in [0.1, 0.15) is 0 Å². The Morgan fingerprint density at radius 1 is 1.33 bits per heavy atom. The lowest BCUT2D eigenvalue weighted by molar-refractivity contribution is -0.135. The second kappa shape index (κ2) is 8.45. The average molecular weight is 249 g/mol. The molecular weight excluding hydrogens is 226 g/mol. The van der Waals surface area contributed by atoms with Crippen LogP contribution >= 0.6 is 0 Å². The first kappa shape index (κ1) is 16.4. The zero-order valence-electron chi connectivity index (χ0n) is 11.7. The predicted octanol–water partition coefficient (Wildman–Crippen LogP) is 3.14. The standard InChI is InChI=1S/C13H17NO2.C2H6/c1-4-9(2)5-6-10(3)11-7-8-12(15)14-13(11)16;1-2/h4-6,11H,3,7-8H2,1-2H3,(H,14,15,16);1-2H3/b6-5-,9-4-;. The van der Waals surface area contributed by atoms with E-state index in [-0.39, 0.29) is 17.7 Å². The number of hydrogen-bond acceptors (Lipinski definition) is 2. The molecule has 1 unspecified atom stereocenters. The van der Waals surface area contributed by atoms with Gasteiger partial charge < -0.3 is 0 Å². The smallest absolute Gasteiger partial charge is 0.234 e. The summed E-state index contributed by atoms with van der Waals surface area (Å²) in [7, 11) is 0. The Hall–Kier alpha value is -1.64. The fourth-order valence-corrected chi connectivity index (χ4v) is 1.50. The molecule has 18 heavy (non-hydrogen) atoms. The van der Waals surface area contributed by atoms with Crippen LogP contribution in [-0.4, -0.2) is 11.8 Å². The number of imide groups is 1. The highest BCUT2D eigenvalue weighted by Crippen LogP contribution is 2.21. The van der Waals surface area contributed by atoms with E-state index in [1.807, 2.05) is 45.9 Å². The van der Waals surface area contributed by atoms with Crippen LogP contribution in [-0.2, 0) is 9.59 Å².